The van der Waals surface area contributed by atoms with Crippen molar-refractivity contribution >= 4 is 28.5 Å². The van der Waals surface area contributed by atoms with Gasteiger partial charge in [-0.1, -0.05) is 33.8 Å². The molecule has 0 saturated heterocycles. The van der Waals surface area contributed by atoms with Gasteiger partial charge in [0.15, 0.2) is 5.78 Å². The number of nitrogens with zero attached hydrogens (tertiary/aromatic N) is 1. The molecule has 0 aliphatic heterocycles. The summed E-state index contributed by atoms with van der Waals surface area (Å²) in [5.41, 5.74) is 3.78. The lowest BCUT2D eigenvalue weighted by atomic mass is 10.0. The zero-order valence-corrected chi connectivity index (χ0v) is 17.5. The number of ketones is 1. The van der Waals surface area contributed by atoms with Gasteiger partial charge in [-0.05, 0) is 42.0 Å². The van der Waals surface area contributed by atoms with Crippen LogP contribution in [0.5, 0.6) is 5.75 Å². The number of rotatable bonds is 8. The van der Waals surface area contributed by atoms with Crippen LogP contribution >= 0.6 is 0 Å². The molecule has 0 fully saturated rings. The molecule has 28 heavy (non-hydrogen) atoms. The lowest BCUT2D eigenvalue weighted by Crippen LogP contribution is -2.24. The number of amides is 1. The van der Waals surface area contributed by atoms with Gasteiger partial charge in [0.05, 0.1) is 6.61 Å². The second-order valence-corrected chi connectivity index (χ2v) is 5.84. The number of likely N-dealkylation sites (N-methyl/N-ethyl adjacent to an activating group) is 1. The minimum atomic E-state index is -0.423. The minimum Gasteiger partial charge on any atom is -0.493 e. The van der Waals surface area contributed by atoms with Crippen molar-refractivity contribution < 1.29 is 14.3 Å². The monoisotopic (exact) mass is 382 g/mol. The summed E-state index contributed by atoms with van der Waals surface area (Å²) in [5, 5.41) is 4.32. The molecular weight excluding hydrogens is 352 g/mol. The number of benzene rings is 1. The molecule has 2 rings (SSSR count). The molecule has 1 amide bonds. The highest BCUT2D eigenvalue weighted by Gasteiger charge is 2.15. The largest absolute Gasteiger partial charge is 0.493 e. The molecule has 150 valence electrons. The molecule has 0 aliphatic carbocycles. The second-order valence-electron chi connectivity index (χ2n) is 5.84. The van der Waals surface area contributed by atoms with Crippen LogP contribution in [-0.4, -0.2) is 30.3 Å². The van der Waals surface area contributed by atoms with E-state index in [0.717, 1.165) is 28.5 Å². The number of nitrogens with one attached hydrogen (secondary N) is 1. The zero-order chi connectivity index (χ0) is 20.9. The number of ether oxygens (including phenoxy) is 1. The quantitative estimate of drug-likeness (QED) is 0.311. The van der Waals surface area contributed by atoms with Gasteiger partial charge in [0.25, 0.3) is 5.91 Å². The first kappa shape index (κ1) is 23.1. The molecule has 1 aromatic carbocycles. The summed E-state index contributed by atoms with van der Waals surface area (Å²) in [7, 11) is 1.50. The van der Waals surface area contributed by atoms with Gasteiger partial charge in [-0.2, -0.15) is 0 Å². The highest BCUT2D eigenvalue weighted by molar-refractivity contribution is 6.19. The molecule has 0 bridgehead atoms. The maximum Gasteiger partial charge on any atom is 0.262 e. The Morgan fingerprint density at radius 1 is 1.14 bits per heavy atom. The van der Waals surface area contributed by atoms with Gasteiger partial charge in [-0.15, -0.1) is 5.73 Å². The Bertz CT molecular complexity index is 865. The van der Waals surface area contributed by atoms with Crippen LogP contribution in [0.25, 0.3) is 16.8 Å². The lowest BCUT2D eigenvalue weighted by Gasteiger charge is -2.09. The van der Waals surface area contributed by atoms with Gasteiger partial charge in [-0.25, -0.2) is 0 Å². The Hall–Kier alpha value is -2.91. The number of hydrogen-bond acceptors (Lipinski definition) is 4. The van der Waals surface area contributed by atoms with Crippen LogP contribution in [0.1, 0.15) is 52.5 Å². The van der Waals surface area contributed by atoms with Gasteiger partial charge in [0.2, 0.25) is 0 Å². The smallest absolute Gasteiger partial charge is 0.262 e. The van der Waals surface area contributed by atoms with E-state index in [0.29, 0.717) is 19.4 Å². The topological polar surface area (TPSA) is 68.3 Å². The molecule has 5 heteroatoms. The van der Waals surface area contributed by atoms with Crippen molar-refractivity contribution in [2.24, 2.45) is 0 Å². The highest BCUT2D eigenvalue weighted by Crippen LogP contribution is 2.28. The SMILES string of the molecule is CC.CCCOc1ccc(C=C=C(C(=O)CCC)C(=O)NC)c2ccncc12. The Balaban J connectivity index is 0.00000190. The maximum atomic E-state index is 12.2. The Kier molecular flexibility index (Phi) is 10.3. The fraction of sp³-hybridized carbons (Fsp3) is 0.391. The number of carbonyl (C=O) groups excluding carboxylic acids is 2. The van der Waals surface area contributed by atoms with E-state index in [2.05, 4.69) is 23.0 Å². The van der Waals surface area contributed by atoms with E-state index in [1.807, 2.05) is 39.0 Å². The zero-order valence-electron chi connectivity index (χ0n) is 17.5. The molecule has 0 aliphatic rings. The normalized spacial score (nSPS) is 9.61. The summed E-state index contributed by atoms with van der Waals surface area (Å²) in [5.74, 6) is 0.134. The van der Waals surface area contributed by atoms with Crippen LogP contribution in [0.15, 0.2) is 41.9 Å². The third-order valence-corrected chi connectivity index (χ3v) is 3.86. The third-order valence-electron chi connectivity index (χ3n) is 3.86. The molecule has 0 unspecified atom stereocenters. The van der Waals surface area contributed by atoms with Crippen molar-refractivity contribution in [3.8, 4) is 5.75 Å². The molecule has 2 aromatic rings. The Morgan fingerprint density at radius 2 is 1.89 bits per heavy atom. The molecular formula is C23H30N2O3. The molecule has 5 nitrogen and oxygen atoms in total. The van der Waals surface area contributed by atoms with Crippen molar-refractivity contribution in [3.63, 3.8) is 0 Å². The van der Waals surface area contributed by atoms with E-state index < -0.39 is 5.91 Å². The first-order valence-corrected chi connectivity index (χ1v) is 9.83. The van der Waals surface area contributed by atoms with Gasteiger partial charge in [-0.3, -0.25) is 14.6 Å². The lowest BCUT2D eigenvalue weighted by molar-refractivity contribution is -0.122. The van der Waals surface area contributed by atoms with Crippen molar-refractivity contribution in [1.82, 2.24) is 10.3 Å². The van der Waals surface area contributed by atoms with E-state index in [4.69, 9.17) is 4.74 Å². The van der Waals surface area contributed by atoms with Crippen molar-refractivity contribution in [1.29, 1.82) is 0 Å². The highest BCUT2D eigenvalue weighted by atomic mass is 16.5. The first-order chi connectivity index (χ1) is 13.6. The van der Waals surface area contributed by atoms with Crippen LogP contribution in [0.4, 0.5) is 0 Å². The Labute approximate surface area is 167 Å². The van der Waals surface area contributed by atoms with Crippen LogP contribution in [-0.2, 0) is 9.59 Å². The van der Waals surface area contributed by atoms with Crippen LogP contribution in [0.3, 0.4) is 0 Å². The third kappa shape index (κ3) is 6.07. The predicted octanol–water partition coefficient (Wildman–Crippen LogP) is 4.70. The van der Waals surface area contributed by atoms with E-state index >= 15 is 0 Å². The summed E-state index contributed by atoms with van der Waals surface area (Å²) < 4.78 is 5.78. The van der Waals surface area contributed by atoms with Crippen LogP contribution in [0.2, 0.25) is 0 Å². The summed E-state index contributed by atoms with van der Waals surface area (Å²) >= 11 is 0. The van der Waals surface area contributed by atoms with Crippen LogP contribution in [0, 0.1) is 0 Å². The molecule has 0 radical (unpaired) electrons. The second kappa shape index (κ2) is 12.5. The molecule has 1 heterocycles. The Morgan fingerprint density at radius 3 is 2.54 bits per heavy atom. The van der Waals surface area contributed by atoms with Crippen molar-refractivity contribution in [2.45, 2.75) is 47.0 Å². The van der Waals surface area contributed by atoms with E-state index in [1.165, 1.54) is 7.05 Å². The van der Waals surface area contributed by atoms with Crippen molar-refractivity contribution in [2.75, 3.05) is 13.7 Å². The van der Waals surface area contributed by atoms with E-state index in [-0.39, 0.29) is 11.4 Å². The van der Waals surface area contributed by atoms with Gasteiger partial charge >= 0.3 is 0 Å². The summed E-state index contributed by atoms with van der Waals surface area (Å²) in [6, 6.07) is 5.65. The molecule has 0 atom stereocenters. The van der Waals surface area contributed by atoms with Gasteiger partial charge < -0.3 is 10.1 Å². The minimum absolute atomic E-state index is 0.0443. The number of fused-ring (bicyclic) bond motifs is 1. The molecule has 1 N–H and O–H groups in total. The van der Waals surface area contributed by atoms with Crippen molar-refractivity contribution in [3.05, 3.63) is 47.5 Å². The molecule has 1 aromatic heterocycles. The summed E-state index contributed by atoms with van der Waals surface area (Å²) in [6.45, 7) is 8.58. The van der Waals surface area contributed by atoms with Crippen LogP contribution < -0.4 is 10.1 Å². The number of pyridine rings is 1. The maximum absolute atomic E-state index is 12.2. The van der Waals surface area contributed by atoms with E-state index in [9.17, 15) is 9.59 Å². The summed E-state index contributed by atoms with van der Waals surface area (Å²) in [6.07, 6.45) is 7.04. The summed E-state index contributed by atoms with van der Waals surface area (Å²) in [4.78, 5) is 28.4. The molecule has 0 spiro atoms. The average Bonchev–Trinajstić information content (AvgIpc) is 2.74. The molecule has 0 saturated carbocycles. The number of hydrogen-bond donors (Lipinski definition) is 1. The average molecular weight is 383 g/mol. The predicted molar refractivity (Wildman–Crippen MR) is 114 cm³/mol. The van der Waals surface area contributed by atoms with Gasteiger partial charge in [0, 0.05) is 31.2 Å². The number of Topliss-reactive ketones (excluding diaryl/α,β-unsaturated/α-hetero) is 1. The fourth-order valence-corrected chi connectivity index (χ4v) is 2.55. The number of aromatic nitrogens is 1. The van der Waals surface area contributed by atoms with E-state index in [1.54, 1.807) is 18.5 Å². The first-order valence-electron chi connectivity index (χ1n) is 9.83. The van der Waals surface area contributed by atoms with Gasteiger partial charge in [0.1, 0.15) is 11.3 Å². The standard InChI is InChI=1S/C21H24N2O3.C2H6/c1-4-6-19(24)17(21(25)22-3)9-7-15-8-10-20(26-13-5-2)18-14-23-12-11-16(15)18;1-2/h7-8,10-12,14H,4-6,13H2,1-3H3,(H,22,25);1-2H3. The fourth-order valence-electron chi connectivity index (χ4n) is 2.55. The number of carbonyl (C=O) groups is 2.